The highest BCUT2D eigenvalue weighted by molar-refractivity contribution is 5.03. The van der Waals surface area contributed by atoms with Gasteiger partial charge in [-0.15, -0.1) is 0 Å². The van der Waals surface area contributed by atoms with Gasteiger partial charge in [-0.25, -0.2) is 0 Å². The largest absolute Gasteiger partial charge is 0.198 e. The third kappa shape index (κ3) is 3.81. The molecule has 92 valence electrons. The van der Waals surface area contributed by atoms with Crippen LogP contribution >= 0.6 is 0 Å². The maximum atomic E-state index is 9.38. The highest BCUT2D eigenvalue weighted by Gasteiger charge is 2.37. The first-order chi connectivity index (χ1) is 7.76. The Morgan fingerprint density at radius 3 is 2.50 bits per heavy atom. The van der Waals surface area contributed by atoms with Crippen molar-refractivity contribution in [2.75, 3.05) is 0 Å². The van der Waals surface area contributed by atoms with E-state index in [4.69, 9.17) is 0 Å². The molecule has 1 heteroatoms. The number of nitrogens with zero attached hydrogens (tertiary/aromatic N) is 1. The van der Waals surface area contributed by atoms with Crippen molar-refractivity contribution >= 4 is 0 Å². The summed E-state index contributed by atoms with van der Waals surface area (Å²) in [7, 11) is 0. The minimum absolute atomic E-state index is 0.0624. The molecular formula is C15H27N. The summed E-state index contributed by atoms with van der Waals surface area (Å²) in [5.41, 5.74) is 0.0624. The van der Waals surface area contributed by atoms with E-state index in [1.54, 1.807) is 0 Å². The van der Waals surface area contributed by atoms with E-state index in [1.807, 2.05) is 0 Å². The molecule has 1 rings (SSSR count). The first-order valence-corrected chi connectivity index (χ1v) is 7.17. The van der Waals surface area contributed by atoms with E-state index in [0.29, 0.717) is 0 Å². The topological polar surface area (TPSA) is 23.8 Å². The van der Waals surface area contributed by atoms with Crippen molar-refractivity contribution in [2.45, 2.75) is 78.1 Å². The van der Waals surface area contributed by atoms with Crippen LogP contribution in [0.2, 0.25) is 0 Å². The van der Waals surface area contributed by atoms with Crippen LogP contribution in [0.25, 0.3) is 0 Å². The minimum atomic E-state index is 0.0624. The highest BCUT2D eigenvalue weighted by Crippen LogP contribution is 2.46. The summed E-state index contributed by atoms with van der Waals surface area (Å²) in [5, 5.41) is 9.38. The van der Waals surface area contributed by atoms with E-state index in [9.17, 15) is 5.26 Å². The van der Waals surface area contributed by atoms with Gasteiger partial charge in [-0.05, 0) is 31.6 Å². The molecule has 2 atom stereocenters. The lowest BCUT2D eigenvalue weighted by Crippen LogP contribution is -2.14. The molecule has 0 aromatic heterocycles. The summed E-state index contributed by atoms with van der Waals surface area (Å²) in [6.07, 6.45) is 12.7. The van der Waals surface area contributed by atoms with Crippen molar-refractivity contribution in [2.24, 2.45) is 11.3 Å². The van der Waals surface area contributed by atoms with E-state index >= 15 is 0 Å². The molecule has 0 N–H and O–H groups in total. The zero-order valence-electron chi connectivity index (χ0n) is 11.1. The molecule has 0 aromatic carbocycles. The molecule has 0 heterocycles. The molecule has 0 aromatic rings. The fourth-order valence-electron chi connectivity index (χ4n) is 3.04. The average Bonchev–Trinajstić information content (AvgIpc) is 2.73. The Hall–Kier alpha value is -0.510. The summed E-state index contributed by atoms with van der Waals surface area (Å²) in [6.45, 7) is 4.51. The Morgan fingerprint density at radius 1 is 1.19 bits per heavy atom. The van der Waals surface area contributed by atoms with Crippen molar-refractivity contribution in [3.05, 3.63) is 0 Å². The first-order valence-electron chi connectivity index (χ1n) is 7.17. The van der Waals surface area contributed by atoms with Crippen LogP contribution in [0.15, 0.2) is 0 Å². The fraction of sp³-hybridized carbons (Fsp3) is 0.933. The molecule has 0 amide bonds. The Bertz CT molecular complexity index is 228. The average molecular weight is 221 g/mol. The van der Waals surface area contributed by atoms with Crippen molar-refractivity contribution in [3.63, 3.8) is 0 Å². The van der Waals surface area contributed by atoms with Gasteiger partial charge in [-0.1, -0.05) is 52.4 Å². The van der Waals surface area contributed by atoms with Gasteiger partial charge in [-0.2, -0.15) is 5.26 Å². The molecule has 1 aliphatic carbocycles. The Morgan fingerprint density at radius 2 is 1.94 bits per heavy atom. The molecule has 0 spiro atoms. The van der Waals surface area contributed by atoms with Gasteiger partial charge in [0.2, 0.25) is 0 Å². The summed E-state index contributed by atoms with van der Waals surface area (Å²) < 4.78 is 0. The maximum absolute atomic E-state index is 9.38. The van der Waals surface area contributed by atoms with Crippen molar-refractivity contribution in [3.8, 4) is 6.07 Å². The number of unbranched alkanes of at least 4 members (excludes halogenated alkanes) is 4. The first kappa shape index (κ1) is 13.6. The summed E-state index contributed by atoms with van der Waals surface area (Å²) >= 11 is 0. The molecule has 1 aliphatic rings. The van der Waals surface area contributed by atoms with Crippen LogP contribution in [0.1, 0.15) is 78.1 Å². The molecule has 0 radical (unpaired) electrons. The smallest absolute Gasteiger partial charge is 0.0689 e. The lowest BCUT2D eigenvalue weighted by molar-refractivity contribution is 0.338. The molecule has 0 aliphatic heterocycles. The predicted molar refractivity (Wildman–Crippen MR) is 69.1 cm³/mol. The van der Waals surface area contributed by atoms with Crippen molar-refractivity contribution in [1.82, 2.24) is 0 Å². The third-order valence-electron chi connectivity index (χ3n) is 4.28. The van der Waals surface area contributed by atoms with Crippen LogP contribution in [0.3, 0.4) is 0 Å². The number of hydrogen-bond donors (Lipinski definition) is 0. The lowest BCUT2D eigenvalue weighted by atomic mass is 9.81. The Kier molecular flexibility index (Phi) is 5.88. The van der Waals surface area contributed by atoms with Gasteiger partial charge in [0.05, 0.1) is 11.5 Å². The number of rotatable bonds is 7. The van der Waals surface area contributed by atoms with Crippen LogP contribution in [0, 0.1) is 22.7 Å². The van der Waals surface area contributed by atoms with Crippen molar-refractivity contribution in [1.29, 1.82) is 5.26 Å². The standard InChI is InChI=1S/C15H27N/c1-3-5-6-7-8-10-15(13-16)11-9-14(4-2)12-15/h14H,3-12H2,1-2H3. The molecule has 16 heavy (non-hydrogen) atoms. The van der Waals surface area contributed by atoms with Gasteiger partial charge in [0.25, 0.3) is 0 Å². The summed E-state index contributed by atoms with van der Waals surface area (Å²) in [6, 6.07) is 2.63. The normalized spacial score (nSPS) is 29.2. The fourth-order valence-corrected chi connectivity index (χ4v) is 3.04. The Balaban J connectivity index is 2.25. The predicted octanol–water partition coefficient (Wildman–Crippen LogP) is 5.07. The molecule has 1 saturated carbocycles. The third-order valence-corrected chi connectivity index (χ3v) is 4.28. The summed E-state index contributed by atoms with van der Waals surface area (Å²) in [5.74, 6) is 0.829. The molecule has 0 bridgehead atoms. The SMILES string of the molecule is CCCCCCCC1(C#N)CCC(CC)C1. The second-order valence-corrected chi connectivity index (χ2v) is 5.57. The van der Waals surface area contributed by atoms with E-state index in [1.165, 1.54) is 51.4 Å². The van der Waals surface area contributed by atoms with Gasteiger partial charge < -0.3 is 0 Å². The number of nitriles is 1. The number of hydrogen-bond acceptors (Lipinski definition) is 1. The van der Waals surface area contributed by atoms with E-state index in [2.05, 4.69) is 19.9 Å². The summed E-state index contributed by atoms with van der Waals surface area (Å²) in [4.78, 5) is 0. The van der Waals surface area contributed by atoms with Gasteiger partial charge in [0.1, 0.15) is 0 Å². The van der Waals surface area contributed by atoms with Crippen LogP contribution in [0.4, 0.5) is 0 Å². The maximum Gasteiger partial charge on any atom is 0.0689 e. The molecular weight excluding hydrogens is 194 g/mol. The molecule has 2 unspecified atom stereocenters. The molecule has 1 nitrogen and oxygen atoms in total. The monoisotopic (exact) mass is 221 g/mol. The van der Waals surface area contributed by atoms with Gasteiger partial charge in [0.15, 0.2) is 0 Å². The quantitative estimate of drug-likeness (QED) is 0.551. The van der Waals surface area contributed by atoms with Gasteiger partial charge in [0, 0.05) is 0 Å². The Labute approximate surface area is 101 Å². The zero-order valence-corrected chi connectivity index (χ0v) is 11.1. The van der Waals surface area contributed by atoms with Gasteiger partial charge >= 0.3 is 0 Å². The second-order valence-electron chi connectivity index (χ2n) is 5.57. The van der Waals surface area contributed by atoms with Crippen LogP contribution in [-0.2, 0) is 0 Å². The van der Waals surface area contributed by atoms with Gasteiger partial charge in [-0.3, -0.25) is 0 Å². The zero-order chi connectivity index (χ0) is 11.9. The second kappa shape index (κ2) is 6.94. The highest BCUT2D eigenvalue weighted by atomic mass is 14.4. The van der Waals surface area contributed by atoms with Crippen LogP contribution in [-0.4, -0.2) is 0 Å². The van der Waals surface area contributed by atoms with E-state index < -0.39 is 0 Å². The van der Waals surface area contributed by atoms with Crippen molar-refractivity contribution < 1.29 is 0 Å². The lowest BCUT2D eigenvalue weighted by Gasteiger charge is -2.20. The van der Waals surface area contributed by atoms with Crippen LogP contribution in [0.5, 0.6) is 0 Å². The molecule has 0 saturated heterocycles. The molecule has 1 fully saturated rings. The van der Waals surface area contributed by atoms with E-state index in [0.717, 1.165) is 18.8 Å². The van der Waals surface area contributed by atoms with E-state index in [-0.39, 0.29) is 5.41 Å². The van der Waals surface area contributed by atoms with Crippen LogP contribution < -0.4 is 0 Å². The minimum Gasteiger partial charge on any atom is -0.198 e.